The Morgan fingerprint density at radius 2 is 1.84 bits per heavy atom. The summed E-state index contributed by atoms with van der Waals surface area (Å²) in [4.78, 5) is 17.7. The predicted molar refractivity (Wildman–Crippen MR) is 130 cm³/mol. The SMILES string of the molecule is CCc1nc2c(cnn2CC)c(NC2CCCCCC2)c1CNC(=O)c1ccc(N)cc1. The van der Waals surface area contributed by atoms with Crippen LogP contribution in [0.1, 0.15) is 74.0 Å². The third kappa shape index (κ3) is 4.71. The van der Waals surface area contributed by atoms with Gasteiger partial charge in [0, 0.05) is 41.6 Å². The molecule has 32 heavy (non-hydrogen) atoms. The van der Waals surface area contributed by atoms with Crippen LogP contribution >= 0.6 is 0 Å². The molecule has 1 saturated carbocycles. The van der Waals surface area contributed by atoms with E-state index in [1.165, 1.54) is 38.5 Å². The fraction of sp³-hybridized carbons (Fsp3) is 0.480. The number of pyridine rings is 1. The Morgan fingerprint density at radius 3 is 2.50 bits per heavy atom. The highest BCUT2D eigenvalue weighted by atomic mass is 16.1. The molecule has 1 aromatic carbocycles. The molecule has 4 rings (SSSR count). The average molecular weight is 435 g/mol. The molecule has 2 heterocycles. The number of carbonyl (C=O) groups excluding carboxylic acids is 1. The minimum Gasteiger partial charge on any atom is -0.399 e. The quantitative estimate of drug-likeness (QED) is 0.371. The first-order valence-corrected chi connectivity index (χ1v) is 11.9. The van der Waals surface area contributed by atoms with E-state index in [0.29, 0.717) is 23.8 Å². The largest absolute Gasteiger partial charge is 0.399 e. The molecule has 0 atom stereocenters. The third-order valence-corrected chi connectivity index (χ3v) is 6.41. The molecule has 0 aliphatic heterocycles. The van der Waals surface area contributed by atoms with E-state index in [2.05, 4.69) is 29.6 Å². The average Bonchev–Trinajstić information content (AvgIpc) is 3.04. The molecular formula is C25H34N6O. The fourth-order valence-electron chi connectivity index (χ4n) is 4.59. The van der Waals surface area contributed by atoms with Gasteiger partial charge in [-0.05, 0) is 50.5 Å². The molecule has 3 aromatic rings. The van der Waals surface area contributed by atoms with Crippen molar-refractivity contribution in [2.75, 3.05) is 11.1 Å². The van der Waals surface area contributed by atoms with Gasteiger partial charge in [0.2, 0.25) is 0 Å². The zero-order valence-electron chi connectivity index (χ0n) is 19.2. The number of amides is 1. The Hall–Kier alpha value is -3.09. The Kier molecular flexibility index (Phi) is 6.93. The number of aryl methyl sites for hydroxylation is 2. The van der Waals surface area contributed by atoms with Crippen molar-refractivity contribution in [2.45, 2.75) is 77.9 Å². The number of hydrogen-bond acceptors (Lipinski definition) is 5. The van der Waals surface area contributed by atoms with Crippen LogP contribution in [0.3, 0.4) is 0 Å². The van der Waals surface area contributed by atoms with Crippen LogP contribution in [0.4, 0.5) is 11.4 Å². The Bertz CT molecular complexity index is 1060. The topological polar surface area (TPSA) is 97.9 Å². The summed E-state index contributed by atoms with van der Waals surface area (Å²) >= 11 is 0. The van der Waals surface area contributed by atoms with E-state index in [-0.39, 0.29) is 5.91 Å². The second-order valence-electron chi connectivity index (χ2n) is 8.60. The van der Waals surface area contributed by atoms with Gasteiger partial charge in [-0.3, -0.25) is 4.79 Å². The standard InChI is InChI=1S/C25H34N6O/c1-3-22-20(15-27-25(32)17-11-13-18(26)14-12-17)23(29-19-9-7-5-6-8-10-19)21-16-28-31(4-2)24(21)30-22/h11-14,16,19H,3-10,15,26H2,1-2H3,(H,27,32)(H,29,30). The molecule has 0 spiro atoms. The summed E-state index contributed by atoms with van der Waals surface area (Å²) < 4.78 is 1.95. The van der Waals surface area contributed by atoms with Crippen molar-refractivity contribution in [3.8, 4) is 0 Å². The molecular weight excluding hydrogens is 400 g/mol. The highest BCUT2D eigenvalue weighted by molar-refractivity contribution is 5.95. The number of hydrogen-bond donors (Lipinski definition) is 3. The molecule has 1 fully saturated rings. The van der Waals surface area contributed by atoms with Crippen molar-refractivity contribution in [1.82, 2.24) is 20.1 Å². The highest BCUT2D eigenvalue weighted by Crippen LogP contribution is 2.32. The molecule has 1 aliphatic rings. The maximum Gasteiger partial charge on any atom is 0.251 e. The van der Waals surface area contributed by atoms with Gasteiger partial charge in [-0.15, -0.1) is 0 Å². The number of benzene rings is 1. The second kappa shape index (κ2) is 10.0. The summed E-state index contributed by atoms with van der Waals surface area (Å²) in [6, 6.07) is 7.44. The maximum atomic E-state index is 12.8. The lowest BCUT2D eigenvalue weighted by Gasteiger charge is -2.23. The summed E-state index contributed by atoms with van der Waals surface area (Å²) in [5, 5.41) is 12.6. The highest BCUT2D eigenvalue weighted by Gasteiger charge is 2.21. The molecule has 0 saturated heterocycles. The third-order valence-electron chi connectivity index (χ3n) is 6.41. The van der Waals surface area contributed by atoms with E-state index < -0.39 is 0 Å². The summed E-state index contributed by atoms with van der Waals surface area (Å²) in [6.07, 6.45) is 10.2. The van der Waals surface area contributed by atoms with Crippen molar-refractivity contribution >= 4 is 28.3 Å². The molecule has 7 heteroatoms. The number of aromatic nitrogens is 3. The van der Waals surface area contributed by atoms with Crippen LogP contribution in [0.2, 0.25) is 0 Å². The summed E-state index contributed by atoms with van der Waals surface area (Å²) in [7, 11) is 0. The van der Waals surface area contributed by atoms with E-state index >= 15 is 0 Å². The zero-order valence-corrected chi connectivity index (χ0v) is 19.2. The lowest BCUT2D eigenvalue weighted by atomic mass is 10.0. The lowest BCUT2D eigenvalue weighted by molar-refractivity contribution is 0.0951. The zero-order chi connectivity index (χ0) is 22.5. The van der Waals surface area contributed by atoms with Gasteiger partial charge in [0.25, 0.3) is 5.91 Å². The van der Waals surface area contributed by atoms with Gasteiger partial charge in [-0.2, -0.15) is 5.10 Å². The van der Waals surface area contributed by atoms with Crippen molar-refractivity contribution in [3.63, 3.8) is 0 Å². The Balaban J connectivity index is 1.68. The first-order chi connectivity index (χ1) is 15.6. The molecule has 1 amide bonds. The van der Waals surface area contributed by atoms with Gasteiger partial charge >= 0.3 is 0 Å². The Morgan fingerprint density at radius 1 is 1.12 bits per heavy atom. The van der Waals surface area contributed by atoms with Crippen LogP contribution < -0.4 is 16.4 Å². The smallest absolute Gasteiger partial charge is 0.251 e. The number of nitrogen functional groups attached to an aromatic ring is 1. The van der Waals surface area contributed by atoms with E-state index in [1.54, 1.807) is 24.3 Å². The van der Waals surface area contributed by atoms with E-state index in [9.17, 15) is 4.79 Å². The first kappa shape index (κ1) is 22.1. The van der Waals surface area contributed by atoms with Crippen LogP contribution in [0.25, 0.3) is 11.0 Å². The normalized spacial score (nSPS) is 14.9. The first-order valence-electron chi connectivity index (χ1n) is 11.9. The molecule has 170 valence electrons. The predicted octanol–water partition coefficient (Wildman–Crippen LogP) is 4.66. The van der Waals surface area contributed by atoms with Crippen LogP contribution in [0, 0.1) is 0 Å². The van der Waals surface area contributed by atoms with Crippen molar-refractivity contribution in [1.29, 1.82) is 0 Å². The van der Waals surface area contributed by atoms with Gasteiger partial charge < -0.3 is 16.4 Å². The summed E-state index contributed by atoms with van der Waals surface area (Å²) in [5.41, 5.74) is 11.1. The van der Waals surface area contributed by atoms with Gasteiger partial charge in [-0.25, -0.2) is 9.67 Å². The van der Waals surface area contributed by atoms with E-state index in [0.717, 1.165) is 40.9 Å². The molecule has 0 unspecified atom stereocenters. The number of fused-ring (bicyclic) bond motifs is 1. The number of nitrogens with two attached hydrogens (primary N) is 1. The van der Waals surface area contributed by atoms with Gasteiger partial charge in [-0.1, -0.05) is 32.6 Å². The molecule has 1 aliphatic carbocycles. The number of rotatable bonds is 7. The maximum absolute atomic E-state index is 12.8. The molecule has 0 bridgehead atoms. The van der Waals surface area contributed by atoms with Crippen molar-refractivity contribution < 1.29 is 4.79 Å². The van der Waals surface area contributed by atoms with E-state index in [4.69, 9.17) is 10.7 Å². The van der Waals surface area contributed by atoms with Gasteiger partial charge in [0.05, 0.1) is 17.3 Å². The fourth-order valence-corrected chi connectivity index (χ4v) is 4.59. The monoisotopic (exact) mass is 434 g/mol. The number of nitrogens with zero attached hydrogens (tertiary/aromatic N) is 3. The molecule has 2 aromatic heterocycles. The van der Waals surface area contributed by atoms with E-state index in [1.807, 2.05) is 10.9 Å². The number of anilines is 2. The summed E-state index contributed by atoms with van der Waals surface area (Å²) in [6.45, 7) is 5.39. The van der Waals surface area contributed by atoms with Crippen LogP contribution in [-0.2, 0) is 19.5 Å². The molecule has 0 radical (unpaired) electrons. The van der Waals surface area contributed by atoms with Crippen molar-refractivity contribution in [2.24, 2.45) is 0 Å². The number of carbonyl (C=O) groups is 1. The van der Waals surface area contributed by atoms with Gasteiger partial charge in [0.1, 0.15) is 0 Å². The second-order valence-corrected chi connectivity index (χ2v) is 8.60. The minimum absolute atomic E-state index is 0.114. The van der Waals surface area contributed by atoms with Crippen LogP contribution in [0.5, 0.6) is 0 Å². The molecule has 7 nitrogen and oxygen atoms in total. The van der Waals surface area contributed by atoms with Crippen LogP contribution in [0.15, 0.2) is 30.5 Å². The lowest BCUT2D eigenvalue weighted by Crippen LogP contribution is -2.26. The van der Waals surface area contributed by atoms with Crippen molar-refractivity contribution in [3.05, 3.63) is 47.3 Å². The van der Waals surface area contributed by atoms with Gasteiger partial charge in [0.15, 0.2) is 5.65 Å². The Labute approximate surface area is 189 Å². The summed E-state index contributed by atoms with van der Waals surface area (Å²) in [5.74, 6) is -0.114. The molecule has 4 N–H and O–H groups in total. The number of nitrogens with one attached hydrogen (secondary N) is 2. The van der Waals surface area contributed by atoms with Crippen LogP contribution in [-0.4, -0.2) is 26.7 Å². The minimum atomic E-state index is -0.114.